The summed E-state index contributed by atoms with van der Waals surface area (Å²) in [4.78, 5) is 30.5. The van der Waals surface area contributed by atoms with E-state index < -0.39 is 4.92 Å². The van der Waals surface area contributed by atoms with Crippen LogP contribution >= 0.6 is 11.6 Å². The first kappa shape index (κ1) is 22.5. The fourth-order valence-electron chi connectivity index (χ4n) is 4.24. The van der Waals surface area contributed by atoms with Crippen LogP contribution in [0.3, 0.4) is 0 Å². The van der Waals surface area contributed by atoms with Crippen molar-refractivity contribution in [3.63, 3.8) is 0 Å². The first-order chi connectivity index (χ1) is 15.5. The Hall–Kier alpha value is -2.68. The third-order valence-electron chi connectivity index (χ3n) is 5.97. The highest BCUT2D eigenvalue weighted by atomic mass is 35.5. The maximum atomic E-state index is 13.2. The maximum Gasteiger partial charge on any atom is 0.293 e. The zero-order valence-corrected chi connectivity index (χ0v) is 18.7. The average Bonchev–Trinajstić information content (AvgIpc) is 3.06. The number of hydrogen-bond donors (Lipinski definition) is 0. The fraction of sp³-hybridized carbons (Fsp3) is 0.435. The van der Waals surface area contributed by atoms with Crippen molar-refractivity contribution in [3.05, 3.63) is 68.7 Å². The third-order valence-corrected chi connectivity index (χ3v) is 6.22. The summed E-state index contributed by atoms with van der Waals surface area (Å²) < 4.78 is 5.34. The number of anilines is 1. The predicted octanol–water partition coefficient (Wildman–Crippen LogP) is 3.43. The van der Waals surface area contributed by atoms with E-state index in [9.17, 15) is 14.9 Å². The highest BCUT2D eigenvalue weighted by Gasteiger charge is 2.26. The van der Waals surface area contributed by atoms with Crippen LogP contribution in [0.4, 0.5) is 11.4 Å². The van der Waals surface area contributed by atoms with Gasteiger partial charge in [0.2, 0.25) is 0 Å². The van der Waals surface area contributed by atoms with Gasteiger partial charge in [-0.2, -0.15) is 0 Å². The summed E-state index contributed by atoms with van der Waals surface area (Å²) in [6.07, 6.45) is 0.854. The number of ether oxygens (including phenoxy) is 1. The highest BCUT2D eigenvalue weighted by molar-refractivity contribution is 6.30. The lowest BCUT2D eigenvalue weighted by molar-refractivity contribution is -0.384. The molecule has 2 aromatic rings. The Morgan fingerprint density at radius 1 is 1.00 bits per heavy atom. The van der Waals surface area contributed by atoms with Gasteiger partial charge >= 0.3 is 0 Å². The number of halogens is 1. The van der Waals surface area contributed by atoms with Crippen LogP contribution in [0.1, 0.15) is 22.3 Å². The Labute approximate surface area is 192 Å². The van der Waals surface area contributed by atoms with Gasteiger partial charge < -0.3 is 14.5 Å². The van der Waals surface area contributed by atoms with Gasteiger partial charge in [0.1, 0.15) is 5.69 Å². The fourth-order valence-corrected chi connectivity index (χ4v) is 4.36. The van der Waals surface area contributed by atoms with Crippen LogP contribution in [0.15, 0.2) is 42.5 Å². The van der Waals surface area contributed by atoms with E-state index in [1.54, 1.807) is 17.0 Å². The monoisotopic (exact) mass is 458 g/mol. The largest absolute Gasteiger partial charge is 0.378 e. The van der Waals surface area contributed by atoms with Gasteiger partial charge in [-0.1, -0.05) is 23.7 Å². The van der Waals surface area contributed by atoms with Gasteiger partial charge in [-0.25, -0.2) is 0 Å². The summed E-state index contributed by atoms with van der Waals surface area (Å²) in [5.74, 6) is -0.157. The first-order valence-electron chi connectivity index (χ1n) is 10.9. The quantitative estimate of drug-likeness (QED) is 0.504. The summed E-state index contributed by atoms with van der Waals surface area (Å²) in [7, 11) is 0. The Balaban J connectivity index is 1.43. The van der Waals surface area contributed by atoms with Crippen molar-refractivity contribution in [1.82, 2.24) is 9.80 Å². The van der Waals surface area contributed by atoms with Crippen molar-refractivity contribution < 1.29 is 14.5 Å². The van der Waals surface area contributed by atoms with Gasteiger partial charge in [0, 0.05) is 62.5 Å². The predicted molar refractivity (Wildman–Crippen MR) is 123 cm³/mol. The van der Waals surface area contributed by atoms with Crippen LogP contribution in [-0.2, 0) is 11.3 Å². The van der Waals surface area contributed by atoms with Gasteiger partial charge in [0.15, 0.2) is 0 Å². The summed E-state index contributed by atoms with van der Waals surface area (Å²) in [5.41, 5.74) is 2.06. The molecule has 0 unspecified atom stereocenters. The van der Waals surface area contributed by atoms with Crippen LogP contribution in [0.25, 0.3) is 0 Å². The van der Waals surface area contributed by atoms with Gasteiger partial charge in [0.05, 0.1) is 18.1 Å². The van der Waals surface area contributed by atoms with E-state index >= 15 is 0 Å². The number of nitro groups is 1. The lowest BCUT2D eigenvalue weighted by Crippen LogP contribution is -2.37. The van der Waals surface area contributed by atoms with Crippen molar-refractivity contribution in [3.8, 4) is 0 Å². The highest BCUT2D eigenvalue weighted by Crippen LogP contribution is 2.30. The van der Waals surface area contributed by atoms with Crippen LogP contribution in [-0.4, -0.2) is 73.1 Å². The number of nitrogens with zero attached hydrogens (tertiary/aromatic N) is 4. The molecule has 0 saturated carbocycles. The molecule has 0 atom stereocenters. The van der Waals surface area contributed by atoms with E-state index in [-0.39, 0.29) is 11.6 Å². The van der Waals surface area contributed by atoms with Crippen molar-refractivity contribution in [2.75, 3.05) is 57.4 Å². The standard InChI is InChI=1S/C23H27ClN4O4/c24-20-5-2-18(3-6-20)17-25-8-1-9-27(11-10-25)23(29)19-4-7-21(22(16-19)28(30)31)26-12-14-32-15-13-26/h2-7,16H,1,8-15,17H2. The number of amides is 1. The number of nitro benzene ring substituents is 1. The molecule has 0 N–H and O–H groups in total. The molecule has 2 aliphatic rings. The van der Waals surface area contributed by atoms with Gasteiger partial charge in [0.25, 0.3) is 11.6 Å². The van der Waals surface area contributed by atoms with Gasteiger partial charge in [-0.3, -0.25) is 19.8 Å². The van der Waals surface area contributed by atoms with Crippen LogP contribution in [0, 0.1) is 10.1 Å². The Morgan fingerprint density at radius 3 is 2.47 bits per heavy atom. The Morgan fingerprint density at radius 2 is 1.75 bits per heavy atom. The normalized spacial score (nSPS) is 17.8. The molecule has 1 amide bonds. The topological polar surface area (TPSA) is 79.2 Å². The van der Waals surface area contributed by atoms with Crippen molar-refractivity contribution in [1.29, 1.82) is 0 Å². The van der Waals surface area contributed by atoms with Gasteiger partial charge in [-0.15, -0.1) is 0 Å². The second kappa shape index (κ2) is 10.3. The number of benzene rings is 2. The molecule has 2 heterocycles. The van der Waals surface area contributed by atoms with Gasteiger partial charge in [-0.05, 0) is 36.2 Å². The second-order valence-electron chi connectivity index (χ2n) is 8.11. The van der Waals surface area contributed by atoms with E-state index in [1.165, 1.54) is 11.6 Å². The molecule has 170 valence electrons. The van der Waals surface area contributed by atoms with E-state index in [4.69, 9.17) is 16.3 Å². The molecule has 8 nitrogen and oxygen atoms in total. The molecule has 0 bridgehead atoms. The van der Waals surface area contributed by atoms with Crippen LogP contribution in [0.5, 0.6) is 0 Å². The Kier molecular flexibility index (Phi) is 7.24. The van der Waals surface area contributed by atoms with E-state index in [0.29, 0.717) is 50.6 Å². The maximum absolute atomic E-state index is 13.2. The second-order valence-corrected chi connectivity index (χ2v) is 8.54. The minimum atomic E-state index is -0.405. The minimum Gasteiger partial charge on any atom is -0.378 e. The van der Waals surface area contributed by atoms with Crippen LogP contribution in [0.2, 0.25) is 5.02 Å². The van der Waals surface area contributed by atoms with E-state index in [2.05, 4.69) is 4.90 Å². The number of carbonyl (C=O) groups is 1. The molecule has 0 radical (unpaired) electrons. The third kappa shape index (κ3) is 5.38. The molecule has 9 heteroatoms. The molecule has 2 aromatic carbocycles. The summed E-state index contributed by atoms with van der Waals surface area (Å²) in [6.45, 7) is 5.95. The number of carbonyl (C=O) groups excluding carboxylic acids is 1. The minimum absolute atomic E-state index is 0.0306. The zero-order chi connectivity index (χ0) is 22.5. The SMILES string of the molecule is O=C(c1ccc(N2CCOCC2)c([N+](=O)[O-])c1)N1CCCN(Cc2ccc(Cl)cc2)CC1. The molecular weight excluding hydrogens is 432 g/mol. The lowest BCUT2D eigenvalue weighted by atomic mass is 10.1. The van der Waals surface area contributed by atoms with E-state index in [0.717, 1.165) is 31.1 Å². The molecule has 4 rings (SSSR count). The van der Waals surface area contributed by atoms with Crippen molar-refractivity contribution >= 4 is 28.9 Å². The molecular formula is C23H27ClN4O4. The smallest absolute Gasteiger partial charge is 0.293 e. The Bertz CT molecular complexity index is 963. The molecule has 32 heavy (non-hydrogen) atoms. The molecule has 2 fully saturated rings. The summed E-state index contributed by atoms with van der Waals surface area (Å²) >= 11 is 5.97. The number of morpholine rings is 1. The average molecular weight is 459 g/mol. The van der Waals surface area contributed by atoms with Crippen molar-refractivity contribution in [2.45, 2.75) is 13.0 Å². The first-order valence-corrected chi connectivity index (χ1v) is 11.3. The van der Waals surface area contributed by atoms with Crippen molar-refractivity contribution in [2.24, 2.45) is 0 Å². The molecule has 2 saturated heterocycles. The van der Waals surface area contributed by atoms with E-state index in [1.807, 2.05) is 29.2 Å². The molecule has 0 aromatic heterocycles. The molecule has 0 spiro atoms. The molecule has 0 aliphatic carbocycles. The summed E-state index contributed by atoms with van der Waals surface area (Å²) in [6, 6.07) is 12.6. The number of hydrogen-bond acceptors (Lipinski definition) is 6. The zero-order valence-electron chi connectivity index (χ0n) is 17.9. The summed E-state index contributed by atoms with van der Waals surface area (Å²) in [5, 5.41) is 12.4. The van der Waals surface area contributed by atoms with Crippen LogP contribution < -0.4 is 4.90 Å². The lowest BCUT2D eigenvalue weighted by Gasteiger charge is -2.28. The number of rotatable bonds is 5. The molecule has 2 aliphatic heterocycles.